The predicted octanol–water partition coefficient (Wildman–Crippen LogP) is 2.66. The van der Waals surface area contributed by atoms with E-state index in [1.54, 1.807) is 43.3 Å². The van der Waals surface area contributed by atoms with Crippen molar-refractivity contribution in [1.29, 1.82) is 5.26 Å². The van der Waals surface area contributed by atoms with E-state index in [0.717, 1.165) is 6.42 Å². The van der Waals surface area contributed by atoms with Crippen LogP contribution in [0, 0.1) is 24.1 Å². The van der Waals surface area contributed by atoms with Gasteiger partial charge < -0.3 is 9.64 Å². The Balaban J connectivity index is 1.85. The number of pyridine rings is 1. The Hall–Kier alpha value is -3.77. The van der Waals surface area contributed by atoms with E-state index in [1.807, 2.05) is 0 Å². The number of aromatic nitrogens is 3. The molecule has 0 spiro atoms. The zero-order chi connectivity index (χ0) is 22.5. The standard InChI is InChI=1S/C22H22FN5O3/c1-14-17(7-5-15(11-24)20(14)23)18-13-26-28(22(18)30)19-8-6-16(12-25-19)21(29)27(2)9-4-10-31-3/h5-8,12-13,26H,4,9-10H2,1-3H3. The average molecular weight is 423 g/mol. The van der Waals surface area contributed by atoms with Gasteiger partial charge >= 0.3 is 0 Å². The fourth-order valence-corrected chi connectivity index (χ4v) is 3.21. The molecule has 0 saturated carbocycles. The second kappa shape index (κ2) is 9.36. The van der Waals surface area contributed by atoms with Crippen LogP contribution in [0.5, 0.6) is 0 Å². The Bertz CT molecular complexity index is 1190. The van der Waals surface area contributed by atoms with Crippen molar-refractivity contribution >= 4 is 5.91 Å². The van der Waals surface area contributed by atoms with Crippen LogP contribution in [0.1, 0.15) is 27.9 Å². The number of amides is 1. The molecule has 1 N–H and O–H groups in total. The molecule has 1 amide bonds. The number of aromatic amines is 1. The van der Waals surface area contributed by atoms with Gasteiger partial charge in [0, 0.05) is 39.7 Å². The second-order valence-electron chi connectivity index (χ2n) is 7.02. The minimum atomic E-state index is -0.650. The molecule has 0 aliphatic rings. The minimum Gasteiger partial charge on any atom is -0.385 e. The monoisotopic (exact) mass is 423 g/mol. The van der Waals surface area contributed by atoms with E-state index in [1.165, 1.54) is 30.1 Å². The Morgan fingerprint density at radius 2 is 2.10 bits per heavy atom. The van der Waals surface area contributed by atoms with Crippen molar-refractivity contribution in [3.8, 4) is 23.0 Å². The Labute approximate surface area is 178 Å². The van der Waals surface area contributed by atoms with E-state index in [9.17, 15) is 14.0 Å². The number of hydrogen-bond acceptors (Lipinski definition) is 5. The zero-order valence-electron chi connectivity index (χ0n) is 17.5. The summed E-state index contributed by atoms with van der Waals surface area (Å²) >= 11 is 0. The van der Waals surface area contributed by atoms with E-state index in [2.05, 4.69) is 10.1 Å². The third-order valence-corrected chi connectivity index (χ3v) is 4.98. The van der Waals surface area contributed by atoms with Gasteiger partial charge in [-0.1, -0.05) is 6.07 Å². The van der Waals surface area contributed by atoms with Gasteiger partial charge in [-0.25, -0.2) is 14.1 Å². The van der Waals surface area contributed by atoms with Crippen molar-refractivity contribution in [2.24, 2.45) is 0 Å². The Morgan fingerprint density at radius 1 is 1.32 bits per heavy atom. The van der Waals surface area contributed by atoms with Crippen LogP contribution in [0.25, 0.3) is 16.9 Å². The van der Waals surface area contributed by atoms with Crippen LogP contribution in [-0.2, 0) is 4.74 Å². The first-order chi connectivity index (χ1) is 14.9. The van der Waals surface area contributed by atoms with E-state index < -0.39 is 11.4 Å². The van der Waals surface area contributed by atoms with E-state index in [0.29, 0.717) is 30.1 Å². The summed E-state index contributed by atoms with van der Waals surface area (Å²) in [6.07, 6.45) is 3.59. The SMILES string of the molecule is COCCCN(C)C(=O)c1ccc(-n2[nH]cc(-c3ccc(C#N)c(F)c3C)c2=O)nc1. The van der Waals surface area contributed by atoms with Crippen LogP contribution in [0.2, 0.25) is 0 Å². The minimum absolute atomic E-state index is 0.0776. The van der Waals surface area contributed by atoms with Gasteiger partial charge in [-0.2, -0.15) is 5.26 Å². The number of nitrogens with zero attached hydrogens (tertiary/aromatic N) is 4. The highest BCUT2D eigenvalue weighted by atomic mass is 19.1. The number of nitriles is 1. The molecule has 9 heteroatoms. The van der Waals surface area contributed by atoms with Crippen LogP contribution in [-0.4, -0.2) is 52.9 Å². The lowest BCUT2D eigenvalue weighted by molar-refractivity contribution is 0.0779. The topological polar surface area (TPSA) is 104 Å². The van der Waals surface area contributed by atoms with Crippen molar-refractivity contribution in [1.82, 2.24) is 19.7 Å². The number of rotatable bonds is 7. The van der Waals surface area contributed by atoms with Gasteiger partial charge in [-0.3, -0.25) is 14.7 Å². The van der Waals surface area contributed by atoms with E-state index in [4.69, 9.17) is 10.00 Å². The molecule has 0 fully saturated rings. The lowest BCUT2D eigenvalue weighted by atomic mass is 10.0. The normalized spacial score (nSPS) is 10.7. The lowest BCUT2D eigenvalue weighted by Crippen LogP contribution is -2.28. The molecule has 3 rings (SSSR count). The van der Waals surface area contributed by atoms with Gasteiger partial charge in [0.15, 0.2) is 5.82 Å². The van der Waals surface area contributed by atoms with Crippen LogP contribution in [0.15, 0.2) is 41.5 Å². The maximum Gasteiger partial charge on any atom is 0.280 e. The second-order valence-corrected chi connectivity index (χ2v) is 7.02. The maximum absolute atomic E-state index is 14.3. The lowest BCUT2D eigenvalue weighted by Gasteiger charge is -2.16. The van der Waals surface area contributed by atoms with Gasteiger partial charge in [-0.05, 0) is 42.7 Å². The summed E-state index contributed by atoms with van der Waals surface area (Å²) in [5.41, 5.74) is 0.754. The molecule has 0 radical (unpaired) electrons. The van der Waals surface area contributed by atoms with Crippen molar-refractivity contribution in [2.75, 3.05) is 27.3 Å². The fraction of sp³-hybridized carbons (Fsp3) is 0.273. The molecule has 0 saturated heterocycles. The quantitative estimate of drug-likeness (QED) is 0.589. The molecule has 1 aromatic carbocycles. The predicted molar refractivity (Wildman–Crippen MR) is 112 cm³/mol. The van der Waals surface area contributed by atoms with Gasteiger partial charge in [0.2, 0.25) is 0 Å². The van der Waals surface area contributed by atoms with Gasteiger partial charge in [-0.15, -0.1) is 0 Å². The number of ether oxygens (including phenoxy) is 1. The molecular formula is C22H22FN5O3. The summed E-state index contributed by atoms with van der Waals surface area (Å²) in [5, 5.41) is 11.8. The number of benzene rings is 1. The van der Waals surface area contributed by atoms with E-state index >= 15 is 0 Å². The Morgan fingerprint density at radius 3 is 2.74 bits per heavy atom. The summed E-state index contributed by atoms with van der Waals surface area (Å²) in [5.74, 6) is -0.539. The molecule has 0 atom stereocenters. The molecule has 3 aromatic rings. The molecule has 0 aliphatic heterocycles. The molecule has 0 bridgehead atoms. The molecule has 2 aromatic heterocycles. The van der Waals surface area contributed by atoms with Crippen LogP contribution in [0.4, 0.5) is 4.39 Å². The van der Waals surface area contributed by atoms with Crippen LogP contribution < -0.4 is 5.56 Å². The summed E-state index contributed by atoms with van der Waals surface area (Å²) in [6, 6.07) is 7.82. The van der Waals surface area contributed by atoms with Gasteiger partial charge in [0.1, 0.15) is 11.9 Å². The van der Waals surface area contributed by atoms with Gasteiger partial charge in [0.05, 0.1) is 16.7 Å². The Kier molecular flexibility index (Phi) is 6.62. The summed E-state index contributed by atoms with van der Waals surface area (Å²) in [4.78, 5) is 31.2. The third-order valence-electron chi connectivity index (χ3n) is 4.98. The van der Waals surface area contributed by atoms with E-state index in [-0.39, 0.29) is 22.6 Å². The molecule has 0 aliphatic carbocycles. The van der Waals surface area contributed by atoms with Crippen molar-refractivity contribution < 1.29 is 13.9 Å². The van der Waals surface area contributed by atoms with Crippen LogP contribution in [0.3, 0.4) is 0 Å². The summed E-state index contributed by atoms with van der Waals surface area (Å²) in [7, 11) is 3.31. The zero-order valence-corrected chi connectivity index (χ0v) is 17.5. The number of carbonyl (C=O) groups excluding carboxylic acids is 1. The van der Waals surface area contributed by atoms with Crippen molar-refractivity contribution in [2.45, 2.75) is 13.3 Å². The average Bonchev–Trinajstić information content (AvgIpc) is 3.16. The molecule has 2 heterocycles. The number of halogens is 1. The third kappa shape index (κ3) is 4.39. The summed E-state index contributed by atoms with van der Waals surface area (Å²) < 4.78 is 20.5. The summed E-state index contributed by atoms with van der Waals surface area (Å²) in [6.45, 7) is 2.63. The number of carbonyl (C=O) groups is 1. The molecule has 31 heavy (non-hydrogen) atoms. The first-order valence-corrected chi connectivity index (χ1v) is 9.59. The molecular weight excluding hydrogens is 401 g/mol. The largest absolute Gasteiger partial charge is 0.385 e. The number of hydrogen-bond donors (Lipinski definition) is 1. The highest BCUT2D eigenvalue weighted by molar-refractivity contribution is 5.93. The number of H-pyrrole nitrogens is 1. The molecule has 0 unspecified atom stereocenters. The first kappa shape index (κ1) is 21.9. The van der Waals surface area contributed by atoms with Crippen LogP contribution >= 0.6 is 0 Å². The van der Waals surface area contributed by atoms with Gasteiger partial charge in [0.25, 0.3) is 11.5 Å². The highest BCUT2D eigenvalue weighted by Gasteiger charge is 2.17. The van der Waals surface area contributed by atoms with Crippen molar-refractivity contribution in [3.05, 3.63) is 69.5 Å². The molecule has 160 valence electrons. The van der Waals surface area contributed by atoms with Crippen molar-refractivity contribution in [3.63, 3.8) is 0 Å². The number of nitrogens with one attached hydrogen (secondary N) is 1. The molecule has 8 nitrogen and oxygen atoms in total. The smallest absolute Gasteiger partial charge is 0.280 e. The highest BCUT2D eigenvalue weighted by Crippen LogP contribution is 2.24. The number of methoxy groups -OCH3 is 1. The fourth-order valence-electron chi connectivity index (χ4n) is 3.21. The first-order valence-electron chi connectivity index (χ1n) is 9.59. The maximum atomic E-state index is 14.3.